The molecule has 0 amide bonds. The summed E-state index contributed by atoms with van der Waals surface area (Å²) in [7, 11) is 1.93. The maximum atomic E-state index is 6.21. The number of aromatic nitrogens is 2. The molecule has 0 aliphatic carbocycles. The molecule has 1 aromatic heterocycles. The third-order valence-electron chi connectivity index (χ3n) is 3.20. The lowest BCUT2D eigenvalue weighted by molar-refractivity contribution is 0.313. The van der Waals surface area contributed by atoms with Gasteiger partial charge in [-0.05, 0) is 31.7 Å². The van der Waals surface area contributed by atoms with Crippen LogP contribution >= 0.6 is 11.6 Å². The quantitative estimate of drug-likeness (QED) is 0.861. The van der Waals surface area contributed by atoms with Crippen LogP contribution in [0.3, 0.4) is 0 Å². The molecule has 86 valence electrons. The topological polar surface area (TPSA) is 43.8 Å². The van der Waals surface area contributed by atoms with Gasteiger partial charge in [-0.3, -0.25) is 4.68 Å². The van der Waals surface area contributed by atoms with E-state index in [4.69, 9.17) is 17.3 Å². The molecular weight excluding hydrogens is 210 g/mol. The molecule has 4 heteroatoms. The van der Waals surface area contributed by atoms with Crippen LogP contribution in [0, 0.1) is 12.3 Å². The van der Waals surface area contributed by atoms with Crippen LogP contribution in [0.4, 0.5) is 0 Å². The Balaban J connectivity index is 2.98. The van der Waals surface area contributed by atoms with E-state index in [1.165, 1.54) is 0 Å². The standard InChI is InChI=1S/C11H20ClN3/c1-5-11(3,7-13)6-9-10(12)8(2)14-15(9)4/h5-7,13H2,1-4H3. The van der Waals surface area contributed by atoms with E-state index in [2.05, 4.69) is 18.9 Å². The van der Waals surface area contributed by atoms with Crippen molar-refractivity contribution in [3.05, 3.63) is 16.4 Å². The lowest BCUT2D eigenvalue weighted by Gasteiger charge is -2.26. The van der Waals surface area contributed by atoms with E-state index in [1.54, 1.807) is 0 Å². The van der Waals surface area contributed by atoms with Gasteiger partial charge in [0.25, 0.3) is 0 Å². The van der Waals surface area contributed by atoms with E-state index in [-0.39, 0.29) is 5.41 Å². The van der Waals surface area contributed by atoms with Gasteiger partial charge in [-0.15, -0.1) is 0 Å². The highest BCUT2D eigenvalue weighted by Gasteiger charge is 2.24. The number of aryl methyl sites for hydroxylation is 2. The minimum Gasteiger partial charge on any atom is -0.330 e. The molecule has 0 aromatic carbocycles. The molecule has 3 nitrogen and oxygen atoms in total. The maximum Gasteiger partial charge on any atom is 0.0847 e. The Morgan fingerprint density at radius 2 is 2.13 bits per heavy atom. The largest absolute Gasteiger partial charge is 0.330 e. The van der Waals surface area contributed by atoms with Gasteiger partial charge in [0.2, 0.25) is 0 Å². The van der Waals surface area contributed by atoms with Gasteiger partial charge < -0.3 is 5.73 Å². The van der Waals surface area contributed by atoms with Crippen molar-refractivity contribution < 1.29 is 0 Å². The summed E-state index contributed by atoms with van der Waals surface area (Å²) in [5, 5.41) is 5.09. The van der Waals surface area contributed by atoms with Gasteiger partial charge in [0.05, 0.1) is 16.4 Å². The van der Waals surface area contributed by atoms with Gasteiger partial charge in [-0.25, -0.2) is 0 Å². The van der Waals surface area contributed by atoms with Crippen LogP contribution in [0.15, 0.2) is 0 Å². The summed E-state index contributed by atoms with van der Waals surface area (Å²) < 4.78 is 1.86. The van der Waals surface area contributed by atoms with Crippen molar-refractivity contribution in [3.63, 3.8) is 0 Å². The van der Waals surface area contributed by atoms with E-state index in [0.717, 1.165) is 29.3 Å². The minimum absolute atomic E-state index is 0.115. The molecule has 1 rings (SSSR count). The molecule has 2 N–H and O–H groups in total. The number of nitrogens with zero attached hydrogens (tertiary/aromatic N) is 2. The molecular formula is C11H20ClN3. The smallest absolute Gasteiger partial charge is 0.0847 e. The number of rotatable bonds is 4. The van der Waals surface area contributed by atoms with Gasteiger partial charge in [-0.1, -0.05) is 25.4 Å². The summed E-state index contributed by atoms with van der Waals surface area (Å²) in [6.07, 6.45) is 1.93. The minimum atomic E-state index is 0.115. The Labute approximate surface area is 96.6 Å². The highest BCUT2D eigenvalue weighted by molar-refractivity contribution is 6.31. The Bertz CT molecular complexity index is 340. The third kappa shape index (κ3) is 2.52. The predicted octanol–water partition coefficient (Wildman–Crippen LogP) is 2.30. The normalized spacial score (nSPS) is 15.3. The maximum absolute atomic E-state index is 6.21. The molecule has 0 radical (unpaired) electrons. The van der Waals surface area contributed by atoms with E-state index < -0.39 is 0 Å². The van der Waals surface area contributed by atoms with E-state index in [0.29, 0.717) is 6.54 Å². The number of halogens is 1. The lowest BCUT2D eigenvalue weighted by Crippen LogP contribution is -2.29. The van der Waals surface area contributed by atoms with Crippen LogP contribution in [0.2, 0.25) is 5.02 Å². The van der Waals surface area contributed by atoms with Crippen molar-refractivity contribution in [2.75, 3.05) is 6.54 Å². The lowest BCUT2D eigenvalue weighted by atomic mass is 9.83. The fraction of sp³-hybridized carbons (Fsp3) is 0.727. The first-order valence-corrected chi connectivity index (χ1v) is 5.69. The molecule has 0 saturated carbocycles. The predicted molar refractivity (Wildman–Crippen MR) is 64.1 cm³/mol. The van der Waals surface area contributed by atoms with Gasteiger partial charge in [0, 0.05) is 7.05 Å². The molecule has 15 heavy (non-hydrogen) atoms. The van der Waals surface area contributed by atoms with Crippen molar-refractivity contribution in [1.29, 1.82) is 0 Å². The fourth-order valence-corrected chi connectivity index (χ4v) is 1.84. The Morgan fingerprint density at radius 1 is 1.53 bits per heavy atom. The van der Waals surface area contributed by atoms with Crippen LogP contribution in [0.25, 0.3) is 0 Å². The van der Waals surface area contributed by atoms with Gasteiger partial charge in [0.1, 0.15) is 0 Å². The second-order valence-corrected chi connectivity index (χ2v) is 4.89. The van der Waals surface area contributed by atoms with Crippen molar-refractivity contribution in [1.82, 2.24) is 9.78 Å². The van der Waals surface area contributed by atoms with Gasteiger partial charge in [0.15, 0.2) is 0 Å². The highest BCUT2D eigenvalue weighted by Crippen LogP contribution is 2.29. The third-order valence-corrected chi connectivity index (χ3v) is 3.69. The summed E-state index contributed by atoms with van der Waals surface area (Å²) in [6.45, 7) is 6.94. The van der Waals surface area contributed by atoms with Crippen molar-refractivity contribution in [2.24, 2.45) is 18.2 Å². The Hall–Kier alpha value is -0.540. The summed E-state index contributed by atoms with van der Waals surface area (Å²) in [5.74, 6) is 0. The number of nitrogens with two attached hydrogens (primary N) is 1. The summed E-state index contributed by atoms with van der Waals surface area (Å²) in [4.78, 5) is 0. The van der Waals surface area contributed by atoms with Crippen molar-refractivity contribution in [3.8, 4) is 0 Å². The molecule has 0 fully saturated rings. The molecule has 1 heterocycles. The molecule has 1 unspecified atom stereocenters. The van der Waals surface area contributed by atoms with Crippen LogP contribution < -0.4 is 5.73 Å². The first-order valence-electron chi connectivity index (χ1n) is 5.31. The van der Waals surface area contributed by atoms with E-state index in [1.807, 2.05) is 18.7 Å². The van der Waals surface area contributed by atoms with Crippen LogP contribution in [0.1, 0.15) is 31.7 Å². The van der Waals surface area contributed by atoms with Gasteiger partial charge >= 0.3 is 0 Å². The zero-order valence-corrected chi connectivity index (χ0v) is 10.7. The molecule has 0 bridgehead atoms. The van der Waals surface area contributed by atoms with Crippen molar-refractivity contribution in [2.45, 2.75) is 33.6 Å². The summed E-state index contributed by atoms with van der Waals surface area (Å²) in [6, 6.07) is 0. The SMILES string of the molecule is CCC(C)(CN)Cc1c(Cl)c(C)nn1C. The van der Waals surface area contributed by atoms with Crippen LogP contribution in [0.5, 0.6) is 0 Å². The average Bonchev–Trinajstić information content (AvgIpc) is 2.45. The fourth-order valence-electron chi connectivity index (χ4n) is 1.62. The van der Waals surface area contributed by atoms with E-state index in [9.17, 15) is 0 Å². The van der Waals surface area contributed by atoms with Crippen LogP contribution in [-0.4, -0.2) is 16.3 Å². The summed E-state index contributed by atoms with van der Waals surface area (Å²) in [5.41, 5.74) is 7.89. The molecule has 1 aromatic rings. The van der Waals surface area contributed by atoms with Crippen LogP contribution in [-0.2, 0) is 13.5 Å². The Kier molecular flexibility index (Phi) is 3.79. The van der Waals surface area contributed by atoms with Crippen molar-refractivity contribution >= 4 is 11.6 Å². The highest BCUT2D eigenvalue weighted by atomic mass is 35.5. The second-order valence-electron chi connectivity index (χ2n) is 4.51. The second kappa shape index (κ2) is 4.54. The molecule has 0 saturated heterocycles. The first-order chi connectivity index (χ1) is 6.93. The number of hydrogen-bond donors (Lipinski definition) is 1. The first kappa shape index (κ1) is 12.5. The summed E-state index contributed by atoms with van der Waals surface area (Å²) >= 11 is 6.21. The Morgan fingerprint density at radius 3 is 2.47 bits per heavy atom. The van der Waals surface area contributed by atoms with E-state index >= 15 is 0 Å². The average molecular weight is 230 g/mol. The zero-order chi connectivity index (χ0) is 11.6. The van der Waals surface area contributed by atoms with Gasteiger partial charge in [-0.2, -0.15) is 5.10 Å². The zero-order valence-electron chi connectivity index (χ0n) is 9.97. The number of hydrogen-bond acceptors (Lipinski definition) is 2. The molecule has 1 atom stereocenters. The molecule has 0 spiro atoms. The monoisotopic (exact) mass is 229 g/mol. The molecule has 0 aliphatic heterocycles. The molecule has 0 aliphatic rings.